The predicted octanol–water partition coefficient (Wildman–Crippen LogP) is 4.38. The number of fused-ring (bicyclic) bond motifs is 2. The van der Waals surface area contributed by atoms with Crippen molar-refractivity contribution in [2.75, 3.05) is 0 Å². The molecule has 126 valence electrons. The standard InChI is InChI=1S/C20H28O2S/c1-4-14-9-13(3)10-15(5-2)19(14)20(21)16-11-17-7-6-8-18(12-16)23(17)22/h9-10,16-18H,4-8,11-12H2,1-3H3. The number of rotatable bonds is 4. The summed E-state index contributed by atoms with van der Waals surface area (Å²) in [5.41, 5.74) is 4.63. The number of Topliss-reactive ketones (excluding diaryl/α,β-unsaturated/α-hetero) is 1. The molecule has 2 aliphatic heterocycles. The van der Waals surface area contributed by atoms with Crippen LogP contribution in [-0.2, 0) is 23.6 Å². The molecule has 2 aliphatic rings. The summed E-state index contributed by atoms with van der Waals surface area (Å²) in [5, 5.41) is 0.522. The zero-order valence-electron chi connectivity index (χ0n) is 14.6. The molecule has 2 heterocycles. The number of hydrogen-bond acceptors (Lipinski definition) is 2. The zero-order chi connectivity index (χ0) is 16.6. The van der Waals surface area contributed by atoms with E-state index < -0.39 is 10.8 Å². The van der Waals surface area contributed by atoms with Gasteiger partial charge in [0.15, 0.2) is 5.78 Å². The average molecular weight is 333 g/mol. The second-order valence-corrected chi connectivity index (χ2v) is 9.19. The molecule has 23 heavy (non-hydrogen) atoms. The van der Waals surface area contributed by atoms with E-state index in [4.69, 9.17) is 0 Å². The van der Waals surface area contributed by atoms with Gasteiger partial charge in [0.2, 0.25) is 0 Å². The van der Waals surface area contributed by atoms with Crippen molar-refractivity contribution in [1.82, 2.24) is 0 Å². The summed E-state index contributed by atoms with van der Waals surface area (Å²) >= 11 is 0. The van der Waals surface area contributed by atoms with E-state index in [1.807, 2.05) is 0 Å². The SMILES string of the molecule is CCc1cc(C)cc(CC)c1C(=O)C1CC2CCCC(C1)S2=O. The van der Waals surface area contributed by atoms with Crippen LogP contribution in [0.4, 0.5) is 0 Å². The van der Waals surface area contributed by atoms with Gasteiger partial charge in [0.1, 0.15) is 0 Å². The Bertz CT molecular complexity index is 594. The number of ketones is 1. The third-order valence-corrected chi connectivity index (χ3v) is 7.80. The van der Waals surface area contributed by atoms with Crippen LogP contribution in [0.5, 0.6) is 0 Å². The number of aryl methyl sites for hydroxylation is 3. The van der Waals surface area contributed by atoms with Crippen LogP contribution in [0.15, 0.2) is 12.1 Å². The highest BCUT2D eigenvalue weighted by molar-refractivity contribution is 7.86. The lowest BCUT2D eigenvalue weighted by atomic mass is 9.81. The molecule has 2 bridgehead atoms. The summed E-state index contributed by atoms with van der Waals surface area (Å²) in [6.45, 7) is 6.38. The van der Waals surface area contributed by atoms with Gasteiger partial charge < -0.3 is 0 Å². The van der Waals surface area contributed by atoms with Crippen LogP contribution < -0.4 is 0 Å². The van der Waals surface area contributed by atoms with Gasteiger partial charge in [-0.15, -0.1) is 0 Å². The molecule has 0 N–H and O–H groups in total. The van der Waals surface area contributed by atoms with Crippen LogP contribution in [-0.4, -0.2) is 20.5 Å². The first kappa shape index (κ1) is 16.9. The third kappa shape index (κ3) is 3.17. The summed E-state index contributed by atoms with van der Waals surface area (Å²) in [6.07, 6.45) is 6.75. The highest BCUT2D eigenvalue weighted by Crippen LogP contribution is 2.39. The van der Waals surface area contributed by atoms with Crippen molar-refractivity contribution in [3.05, 3.63) is 34.4 Å². The maximum atomic E-state index is 13.3. The molecule has 2 unspecified atom stereocenters. The Morgan fingerprint density at radius 3 is 2.09 bits per heavy atom. The normalized spacial score (nSPS) is 30.2. The third-order valence-electron chi connectivity index (χ3n) is 5.63. The molecule has 0 aliphatic carbocycles. The summed E-state index contributed by atoms with van der Waals surface area (Å²) in [7, 11) is -0.700. The van der Waals surface area contributed by atoms with E-state index in [-0.39, 0.29) is 16.4 Å². The second-order valence-electron chi connectivity index (χ2n) is 7.20. The fourth-order valence-electron chi connectivity index (χ4n) is 4.47. The van der Waals surface area contributed by atoms with E-state index in [0.717, 1.165) is 44.1 Å². The van der Waals surface area contributed by atoms with E-state index in [1.165, 1.54) is 23.1 Å². The zero-order valence-corrected chi connectivity index (χ0v) is 15.4. The van der Waals surface area contributed by atoms with Crippen LogP contribution >= 0.6 is 0 Å². The number of hydrogen-bond donors (Lipinski definition) is 0. The van der Waals surface area contributed by atoms with Crippen molar-refractivity contribution in [3.63, 3.8) is 0 Å². The first-order chi connectivity index (χ1) is 11.0. The molecule has 0 radical (unpaired) electrons. The molecule has 1 aromatic carbocycles. The average Bonchev–Trinajstić information content (AvgIpc) is 2.53. The number of carbonyl (C=O) groups excluding carboxylic acids is 1. The highest BCUT2D eigenvalue weighted by atomic mass is 32.2. The Balaban J connectivity index is 1.93. The summed E-state index contributed by atoms with van der Waals surface area (Å²) in [5.74, 6) is 0.411. The van der Waals surface area contributed by atoms with Gasteiger partial charge in [0, 0.05) is 32.8 Å². The fourth-order valence-corrected chi connectivity index (χ4v) is 6.65. The topological polar surface area (TPSA) is 34.1 Å². The smallest absolute Gasteiger partial charge is 0.166 e. The van der Waals surface area contributed by atoms with E-state index in [1.54, 1.807) is 0 Å². The molecule has 0 spiro atoms. The lowest BCUT2D eigenvalue weighted by Crippen LogP contribution is -2.41. The van der Waals surface area contributed by atoms with Crippen molar-refractivity contribution in [3.8, 4) is 0 Å². The first-order valence-electron chi connectivity index (χ1n) is 9.11. The summed E-state index contributed by atoms with van der Waals surface area (Å²) in [6, 6.07) is 4.35. The van der Waals surface area contributed by atoms with E-state index in [0.29, 0.717) is 5.78 Å². The fraction of sp³-hybridized carbons (Fsp3) is 0.650. The van der Waals surface area contributed by atoms with Crippen LogP contribution in [0.3, 0.4) is 0 Å². The van der Waals surface area contributed by atoms with Gasteiger partial charge in [-0.2, -0.15) is 0 Å². The van der Waals surface area contributed by atoms with Gasteiger partial charge in [0.25, 0.3) is 0 Å². The molecule has 2 atom stereocenters. The van der Waals surface area contributed by atoms with Gasteiger partial charge in [-0.25, -0.2) is 0 Å². The van der Waals surface area contributed by atoms with Crippen LogP contribution in [0, 0.1) is 12.8 Å². The quantitative estimate of drug-likeness (QED) is 0.767. The van der Waals surface area contributed by atoms with Crippen LogP contribution in [0.1, 0.15) is 73.0 Å². The molecule has 3 rings (SSSR count). The summed E-state index contributed by atoms with van der Waals surface area (Å²) in [4.78, 5) is 13.3. The molecule has 3 heteroatoms. The Kier molecular flexibility index (Phi) is 5.05. The lowest BCUT2D eigenvalue weighted by molar-refractivity contribution is 0.0893. The largest absolute Gasteiger partial charge is 0.294 e. The van der Waals surface area contributed by atoms with Crippen molar-refractivity contribution >= 4 is 16.6 Å². The van der Waals surface area contributed by atoms with E-state index in [9.17, 15) is 9.00 Å². The molecule has 2 nitrogen and oxygen atoms in total. The predicted molar refractivity (Wildman–Crippen MR) is 96.6 cm³/mol. The number of benzene rings is 1. The molecule has 2 saturated heterocycles. The Labute approximate surface area is 142 Å². The Morgan fingerprint density at radius 2 is 1.61 bits per heavy atom. The van der Waals surface area contributed by atoms with Gasteiger partial charge >= 0.3 is 0 Å². The lowest BCUT2D eigenvalue weighted by Gasteiger charge is -2.38. The van der Waals surface area contributed by atoms with Crippen LogP contribution in [0.25, 0.3) is 0 Å². The minimum atomic E-state index is -0.700. The summed E-state index contributed by atoms with van der Waals surface area (Å²) < 4.78 is 12.4. The van der Waals surface area contributed by atoms with Gasteiger partial charge in [-0.05, 0) is 56.6 Å². The molecule has 1 aromatic rings. The molecule has 2 fully saturated rings. The maximum Gasteiger partial charge on any atom is 0.166 e. The van der Waals surface area contributed by atoms with Gasteiger partial charge in [-0.3, -0.25) is 9.00 Å². The van der Waals surface area contributed by atoms with Crippen molar-refractivity contribution < 1.29 is 9.00 Å². The van der Waals surface area contributed by atoms with Crippen LogP contribution in [0.2, 0.25) is 0 Å². The highest BCUT2D eigenvalue weighted by Gasteiger charge is 2.41. The molecule has 0 aromatic heterocycles. The molecular formula is C20H28O2S. The molecule has 0 amide bonds. The molecular weight excluding hydrogens is 304 g/mol. The Hall–Kier alpha value is -0.960. The van der Waals surface area contributed by atoms with Crippen molar-refractivity contribution in [1.29, 1.82) is 0 Å². The van der Waals surface area contributed by atoms with Gasteiger partial charge in [-0.1, -0.05) is 38.0 Å². The van der Waals surface area contributed by atoms with Gasteiger partial charge in [0.05, 0.1) is 0 Å². The minimum absolute atomic E-state index is 0.0845. The van der Waals surface area contributed by atoms with E-state index >= 15 is 0 Å². The van der Waals surface area contributed by atoms with Crippen molar-refractivity contribution in [2.45, 2.75) is 76.2 Å². The van der Waals surface area contributed by atoms with E-state index in [2.05, 4.69) is 32.9 Å². The number of carbonyl (C=O) groups is 1. The maximum absolute atomic E-state index is 13.3. The second kappa shape index (κ2) is 6.88. The monoisotopic (exact) mass is 332 g/mol. The first-order valence-corrected chi connectivity index (χ1v) is 10.4. The minimum Gasteiger partial charge on any atom is -0.294 e. The van der Waals surface area contributed by atoms with Crippen molar-refractivity contribution in [2.24, 2.45) is 5.92 Å². The Morgan fingerprint density at radius 1 is 1.09 bits per heavy atom. The molecule has 0 saturated carbocycles.